The van der Waals surface area contributed by atoms with Crippen LogP contribution < -0.4 is 10.1 Å². The van der Waals surface area contributed by atoms with Gasteiger partial charge in [-0.15, -0.1) is 0 Å². The van der Waals surface area contributed by atoms with Crippen LogP contribution in [0.3, 0.4) is 0 Å². The van der Waals surface area contributed by atoms with Crippen LogP contribution in [0.15, 0.2) is 72.8 Å². The van der Waals surface area contributed by atoms with Crippen LogP contribution in [0.4, 0.5) is 5.69 Å². The van der Waals surface area contributed by atoms with E-state index in [1.165, 1.54) is 0 Å². The number of nitriles is 1. The highest BCUT2D eigenvalue weighted by atomic mass is 16.5. The van der Waals surface area contributed by atoms with E-state index in [2.05, 4.69) is 5.32 Å². The second-order valence-corrected chi connectivity index (χ2v) is 5.55. The Hall–Kier alpha value is -3.58. The van der Waals surface area contributed by atoms with Crippen LogP contribution in [-0.4, -0.2) is 5.91 Å². The number of aryl methyl sites for hydroxylation is 1. The number of nitrogens with zero attached hydrogens (tertiary/aromatic N) is 1. The summed E-state index contributed by atoms with van der Waals surface area (Å²) in [5.74, 6) is 1.00. The number of benzene rings is 3. The smallest absolute Gasteiger partial charge is 0.255 e. The number of amides is 1. The van der Waals surface area contributed by atoms with E-state index in [0.29, 0.717) is 28.3 Å². The van der Waals surface area contributed by atoms with Gasteiger partial charge in [0.2, 0.25) is 0 Å². The molecule has 4 nitrogen and oxygen atoms in total. The molecule has 3 aromatic rings. The molecule has 1 amide bonds. The van der Waals surface area contributed by atoms with Crippen molar-refractivity contribution in [1.29, 1.82) is 5.26 Å². The van der Waals surface area contributed by atoms with Crippen molar-refractivity contribution < 1.29 is 9.53 Å². The fourth-order valence-electron chi connectivity index (χ4n) is 2.28. The molecule has 0 fully saturated rings. The summed E-state index contributed by atoms with van der Waals surface area (Å²) in [5.41, 5.74) is 2.72. The molecule has 4 heteroatoms. The molecule has 0 aliphatic carbocycles. The normalized spacial score (nSPS) is 9.92. The number of carbonyl (C=O) groups excluding carboxylic acids is 1. The Bertz CT molecular complexity index is 923. The van der Waals surface area contributed by atoms with E-state index >= 15 is 0 Å². The molecular formula is C21H16N2O2. The minimum Gasteiger partial charge on any atom is -0.455 e. The second kappa shape index (κ2) is 7.33. The van der Waals surface area contributed by atoms with Crippen molar-refractivity contribution in [3.63, 3.8) is 0 Å². The average Bonchev–Trinajstić information content (AvgIpc) is 2.65. The third-order valence-corrected chi connectivity index (χ3v) is 3.66. The van der Waals surface area contributed by atoms with Crippen LogP contribution in [0.5, 0.6) is 11.5 Å². The Morgan fingerprint density at radius 1 is 0.960 bits per heavy atom. The SMILES string of the molecule is Cc1ccc(Oc2ccccc2NC(=O)c2ccc(C#N)cc2)cc1. The first-order valence-corrected chi connectivity index (χ1v) is 7.81. The van der Waals surface area contributed by atoms with Crippen LogP contribution >= 0.6 is 0 Å². The van der Waals surface area contributed by atoms with Crippen molar-refractivity contribution in [1.82, 2.24) is 0 Å². The summed E-state index contributed by atoms with van der Waals surface area (Å²) >= 11 is 0. The predicted molar refractivity (Wildman–Crippen MR) is 96.8 cm³/mol. The summed E-state index contributed by atoms with van der Waals surface area (Å²) in [6.07, 6.45) is 0. The van der Waals surface area contributed by atoms with E-state index in [-0.39, 0.29) is 5.91 Å². The Kier molecular flexibility index (Phi) is 4.77. The molecule has 3 rings (SSSR count). The molecule has 0 unspecified atom stereocenters. The molecule has 0 aliphatic rings. The average molecular weight is 328 g/mol. The Labute approximate surface area is 146 Å². The standard InChI is InChI=1S/C21H16N2O2/c1-15-6-12-18(13-7-15)25-20-5-3-2-4-19(20)23-21(24)17-10-8-16(14-22)9-11-17/h2-13H,1H3,(H,23,24). The van der Waals surface area contributed by atoms with Crippen LogP contribution in [0.1, 0.15) is 21.5 Å². The maximum Gasteiger partial charge on any atom is 0.255 e. The number of anilines is 1. The first kappa shape index (κ1) is 16.3. The van der Waals surface area contributed by atoms with Crippen LogP contribution in [-0.2, 0) is 0 Å². The highest BCUT2D eigenvalue weighted by Gasteiger charge is 2.10. The summed E-state index contributed by atoms with van der Waals surface area (Å²) in [6, 6.07) is 23.5. The topological polar surface area (TPSA) is 62.1 Å². The third kappa shape index (κ3) is 4.04. The van der Waals surface area contributed by atoms with Crippen molar-refractivity contribution >= 4 is 11.6 Å². The number of hydrogen-bond acceptors (Lipinski definition) is 3. The highest BCUT2D eigenvalue weighted by molar-refractivity contribution is 6.05. The van der Waals surface area contributed by atoms with Crippen LogP contribution in [0.2, 0.25) is 0 Å². The Balaban J connectivity index is 1.79. The Morgan fingerprint density at radius 3 is 2.32 bits per heavy atom. The van der Waals surface area contributed by atoms with Crippen LogP contribution in [0.25, 0.3) is 0 Å². The monoisotopic (exact) mass is 328 g/mol. The quantitative estimate of drug-likeness (QED) is 0.740. The van der Waals surface area contributed by atoms with Gasteiger partial charge in [-0.3, -0.25) is 4.79 Å². The van der Waals surface area contributed by atoms with Gasteiger partial charge in [0.05, 0.1) is 17.3 Å². The summed E-state index contributed by atoms with van der Waals surface area (Å²) < 4.78 is 5.88. The molecule has 122 valence electrons. The van der Waals surface area contributed by atoms with Gasteiger partial charge in [0.25, 0.3) is 5.91 Å². The first-order chi connectivity index (χ1) is 12.2. The van der Waals surface area contributed by atoms with Gasteiger partial charge >= 0.3 is 0 Å². The molecular weight excluding hydrogens is 312 g/mol. The van der Waals surface area contributed by atoms with E-state index < -0.39 is 0 Å². The lowest BCUT2D eigenvalue weighted by Gasteiger charge is -2.12. The molecule has 25 heavy (non-hydrogen) atoms. The number of rotatable bonds is 4. The molecule has 3 aromatic carbocycles. The van der Waals surface area contributed by atoms with Gasteiger partial charge in [-0.1, -0.05) is 29.8 Å². The number of para-hydroxylation sites is 2. The zero-order chi connectivity index (χ0) is 17.6. The summed E-state index contributed by atoms with van der Waals surface area (Å²) in [5, 5.41) is 11.7. The van der Waals surface area contributed by atoms with Gasteiger partial charge in [-0.2, -0.15) is 5.26 Å². The number of carbonyl (C=O) groups is 1. The highest BCUT2D eigenvalue weighted by Crippen LogP contribution is 2.29. The largest absolute Gasteiger partial charge is 0.455 e. The van der Waals surface area contributed by atoms with Gasteiger partial charge in [0.15, 0.2) is 5.75 Å². The van der Waals surface area contributed by atoms with Gasteiger partial charge in [-0.05, 0) is 55.5 Å². The lowest BCUT2D eigenvalue weighted by molar-refractivity contribution is 0.102. The molecule has 0 aromatic heterocycles. The number of hydrogen-bond donors (Lipinski definition) is 1. The number of ether oxygens (including phenoxy) is 1. The maximum absolute atomic E-state index is 12.4. The number of nitrogens with one attached hydrogen (secondary N) is 1. The van der Waals surface area contributed by atoms with Crippen molar-refractivity contribution in [3.8, 4) is 17.6 Å². The molecule has 0 saturated heterocycles. The lowest BCUT2D eigenvalue weighted by Crippen LogP contribution is -2.12. The van der Waals surface area contributed by atoms with E-state index in [1.807, 2.05) is 49.4 Å². The first-order valence-electron chi connectivity index (χ1n) is 7.81. The Morgan fingerprint density at radius 2 is 1.64 bits per heavy atom. The lowest BCUT2D eigenvalue weighted by atomic mass is 10.1. The van der Waals surface area contributed by atoms with Crippen LogP contribution in [0, 0.1) is 18.3 Å². The predicted octanol–water partition coefficient (Wildman–Crippen LogP) is 4.91. The minimum absolute atomic E-state index is 0.260. The van der Waals surface area contributed by atoms with E-state index in [9.17, 15) is 4.79 Å². The minimum atomic E-state index is -0.260. The third-order valence-electron chi connectivity index (χ3n) is 3.66. The maximum atomic E-state index is 12.4. The molecule has 0 spiro atoms. The fraction of sp³-hybridized carbons (Fsp3) is 0.0476. The molecule has 0 bridgehead atoms. The van der Waals surface area contributed by atoms with Crippen molar-refractivity contribution in [2.24, 2.45) is 0 Å². The van der Waals surface area contributed by atoms with Gasteiger partial charge in [-0.25, -0.2) is 0 Å². The summed E-state index contributed by atoms with van der Waals surface area (Å²) in [6.45, 7) is 2.01. The molecule has 0 atom stereocenters. The summed E-state index contributed by atoms with van der Waals surface area (Å²) in [7, 11) is 0. The van der Waals surface area contributed by atoms with Gasteiger partial charge < -0.3 is 10.1 Å². The van der Waals surface area contributed by atoms with E-state index in [1.54, 1.807) is 36.4 Å². The van der Waals surface area contributed by atoms with Crippen molar-refractivity contribution in [2.75, 3.05) is 5.32 Å². The van der Waals surface area contributed by atoms with E-state index in [4.69, 9.17) is 10.00 Å². The molecule has 0 aliphatic heterocycles. The molecule has 1 N–H and O–H groups in total. The summed E-state index contributed by atoms with van der Waals surface area (Å²) in [4.78, 5) is 12.4. The zero-order valence-corrected chi connectivity index (χ0v) is 13.7. The zero-order valence-electron chi connectivity index (χ0n) is 13.7. The second-order valence-electron chi connectivity index (χ2n) is 5.55. The molecule has 0 heterocycles. The van der Waals surface area contributed by atoms with Gasteiger partial charge in [0, 0.05) is 5.56 Å². The van der Waals surface area contributed by atoms with Crippen molar-refractivity contribution in [2.45, 2.75) is 6.92 Å². The van der Waals surface area contributed by atoms with E-state index in [0.717, 1.165) is 5.56 Å². The molecule has 0 radical (unpaired) electrons. The van der Waals surface area contributed by atoms with Crippen molar-refractivity contribution in [3.05, 3.63) is 89.5 Å². The van der Waals surface area contributed by atoms with Gasteiger partial charge in [0.1, 0.15) is 5.75 Å². The fourth-order valence-corrected chi connectivity index (χ4v) is 2.28. The molecule has 0 saturated carbocycles.